The van der Waals surface area contributed by atoms with Crippen LogP contribution in [0.4, 0.5) is 0 Å². The number of phenols is 1. The number of aliphatic hydroxyl groups excluding tert-OH is 3. The molecule has 0 fully saturated rings. The van der Waals surface area contributed by atoms with E-state index in [4.69, 9.17) is 5.73 Å². The zero-order valence-electron chi connectivity index (χ0n) is 18.0. The number of nitrogens with zero attached hydrogens (tertiary/aromatic N) is 1. The van der Waals surface area contributed by atoms with Crippen molar-refractivity contribution < 1.29 is 49.8 Å². The number of likely N-dealkylation sites (N-methyl/N-ethyl adjacent to an activating group) is 1. The Labute approximate surface area is 191 Å². The summed E-state index contributed by atoms with van der Waals surface area (Å²) in [5, 5.41) is 65.0. The molecule has 0 saturated carbocycles. The molecule has 0 unspecified atom stereocenters. The van der Waals surface area contributed by atoms with E-state index in [1.165, 1.54) is 31.1 Å². The maximum absolute atomic E-state index is 13.3. The molecule has 1 aromatic rings. The molecule has 0 saturated heterocycles. The minimum absolute atomic E-state index is 0.135. The first-order valence-electron chi connectivity index (χ1n) is 10.2. The van der Waals surface area contributed by atoms with E-state index >= 15 is 0 Å². The SMILES string of the molecule is CN(C)[C@@H]1C(O)=C(C(N)=O)C(=O)[C@@]2(O)C(O)=C3C(=O)c4c(O)cccc4[C@H](C(=O)O)[C@H]3[C@H](O)[C@@H]12. The molecule has 180 valence electrons. The highest BCUT2D eigenvalue weighted by Gasteiger charge is 2.68. The molecule has 4 rings (SSSR count). The van der Waals surface area contributed by atoms with E-state index in [-0.39, 0.29) is 5.56 Å². The first-order valence-corrected chi connectivity index (χ1v) is 10.2. The number of Topliss-reactive ketones (excluding diaryl/α,β-unsaturated/α-hetero) is 2. The number of carboxylic acid groups (broad SMARTS) is 1. The van der Waals surface area contributed by atoms with E-state index < -0.39 is 92.9 Å². The Kier molecular flexibility index (Phi) is 5.09. The van der Waals surface area contributed by atoms with Gasteiger partial charge in [-0.05, 0) is 25.7 Å². The van der Waals surface area contributed by atoms with Crippen molar-refractivity contribution in [2.75, 3.05) is 14.1 Å². The molecule has 0 aliphatic heterocycles. The molecule has 8 N–H and O–H groups in total. The van der Waals surface area contributed by atoms with Crippen LogP contribution in [0, 0.1) is 11.8 Å². The summed E-state index contributed by atoms with van der Waals surface area (Å²) in [5.41, 5.74) is -0.293. The van der Waals surface area contributed by atoms with Gasteiger partial charge >= 0.3 is 5.97 Å². The summed E-state index contributed by atoms with van der Waals surface area (Å²) in [7, 11) is 2.76. The predicted octanol–water partition coefficient (Wildman–Crippen LogP) is -1.28. The van der Waals surface area contributed by atoms with Crippen LogP contribution in [0.3, 0.4) is 0 Å². The highest BCUT2D eigenvalue weighted by molar-refractivity contribution is 6.25. The lowest BCUT2D eigenvalue weighted by Gasteiger charge is -2.53. The Morgan fingerprint density at radius 2 is 1.74 bits per heavy atom. The van der Waals surface area contributed by atoms with Gasteiger partial charge in [-0.25, -0.2) is 0 Å². The summed E-state index contributed by atoms with van der Waals surface area (Å²) in [6.07, 6.45) is -1.98. The van der Waals surface area contributed by atoms with Crippen molar-refractivity contribution in [1.82, 2.24) is 4.90 Å². The van der Waals surface area contributed by atoms with Gasteiger partial charge in [0.2, 0.25) is 5.78 Å². The van der Waals surface area contributed by atoms with Crippen LogP contribution < -0.4 is 5.73 Å². The third kappa shape index (κ3) is 2.70. The van der Waals surface area contributed by atoms with Crippen molar-refractivity contribution in [2.45, 2.75) is 23.7 Å². The number of hydrogen-bond donors (Lipinski definition) is 7. The van der Waals surface area contributed by atoms with E-state index in [0.717, 1.165) is 6.07 Å². The number of aliphatic carboxylic acids is 1. The van der Waals surface area contributed by atoms with E-state index in [2.05, 4.69) is 0 Å². The van der Waals surface area contributed by atoms with Crippen LogP contribution >= 0.6 is 0 Å². The zero-order chi connectivity index (χ0) is 25.4. The molecule has 6 atom stereocenters. The minimum atomic E-state index is -3.10. The molecule has 3 aliphatic rings. The number of fused-ring (bicyclic) bond motifs is 3. The van der Waals surface area contributed by atoms with Crippen LogP contribution in [0.25, 0.3) is 0 Å². The van der Waals surface area contributed by atoms with Gasteiger partial charge in [0.25, 0.3) is 5.91 Å². The third-order valence-electron chi connectivity index (χ3n) is 6.93. The lowest BCUT2D eigenvalue weighted by atomic mass is 9.55. The fraction of sp³-hybridized carbons (Fsp3) is 0.364. The number of hydrogen-bond acceptors (Lipinski definition) is 10. The van der Waals surface area contributed by atoms with E-state index in [9.17, 15) is 49.8 Å². The number of carbonyl (C=O) groups is 4. The number of carbonyl (C=O) groups excluding carboxylic acids is 3. The van der Waals surface area contributed by atoms with Crippen LogP contribution in [0.15, 0.2) is 40.9 Å². The summed E-state index contributed by atoms with van der Waals surface area (Å²) < 4.78 is 0. The molecule has 34 heavy (non-hydrogen) atoms. The topological polar surface area (TPSA) is 219 Å². The van der Waals surface area contributed by atoms with Crippen molar-refractivity contribution >= 4 is 23.4 Å². The van der Waals surface area contributed by atoms with Gasteiger partial charge in [-0.1, -0.05) is 12.1 Å². The van der Waals surface area contributed by atoms with E-state index in [1.54, 1.807) is 0 Å². The fourth-order valence-electron chi connectivity index (χ4n) is 5.57. The van der Waals surface area contributed by atoms with Crippen LogP contribution in [-0.2, 0) is 14.4 Å². The number of primary amides is 1. The predicted molar refractivity (Wildman–Crippen MR) is 112 cm³/mol. The van der Waals surface area contributed by atoms with Gasteiger partial charge in [0.1, 0.15) is 22.8 Å². The molecule has 12 heteroatoms. The average molecular weight is 474 g/mol. The Bertz CT molecular complexity index is 1230. The molecule has 0 bridgehead atoms. The standard InChI is InChI=1S/C22H22N2O10/c1-24(2)14-13-16(27)10-9(21(32)33)6-4-3-5-7(25)8(6)15(26)11(10)18(29)22(13,34)19(30)12(17(14)28)20(23)31/h3-5,9-10,13-14,16,25,27-29,34H,1-2H3,(H2,23,31)(H,32,33)/t9-,10+,13+,14-,16-,22-/m0/s1. The van der Waals surface area contributed by atoms with Crippen molar-refractivity contribution in [3.8, 4) is 5.75 Å². The number of amides is 1. The summed E-state index contributed by atoms with van der Waals surface area (Å²) in [6, 6.07) is 2.21. The Balaban J connectivity index is 2.11. The van der Waals surface area contributed by atoms with Crippen molar-refractivity contribution in [3.05, 3.63) is 52.0 Å². The largest absolute Gasteiger partial charge is 0.510 e. The van der Waals surface area contributed by atoms with E-state index in [1.807, 2.05) is 0 Å². The molecule has 0 radical (unpaired) electrons. The van der Waals surface area contributed by atoms with Gasteiger partial charge in [-0.15, -0.1) is 0 Å². The van der Waals surface area contributed by atoms with Crippen molar-refractivity contribution in [2.24, 2.45) is 17.6 Å². The number of aliphatic hydroxyl groups is 4. The monoisotopic (exact) mass is 474 g/mol. The third-order valence-corrected chi connectivity index (χ3v) is 6.93. The number of aromatic hydroxyl groups is 1. The molecule has 3 aliphatic carbocycles. The van der Waals surface area contributed by atoms with Gasteiger partial charge in [0.15, 0.2) is 11.4 Å². The lowest BCUT2D eigenvalue weighted by molar-refractivity contribution is -0.164. The second-order valence-electron chi connectivity index (χ2n) is 8.82. The van der Waals surface area contributed by atoms with Gasteiger partial charge in [0, 0.05) is 11.5 Å². The first-order chi connectivity index (χ1) is 15.8. The van der Waals surface area contributed by atoms with Crippen LogP contribution in [0.1, 0.15) is 21.8 Å². The van der Waals surface area contributed by atoms with Gasteiger partial charge in [-0.3, -0.25) is 24.1 Å². The average Bonchev–Trinajstić information content (AvgIpc) is 2.73. The fourth-order valence-corrected chi connectivity index (χ4v) is 5.57. The summed E-state index contributed by atoms with van der Waals surface area (Å²) in [4.78, 5) is 52.0. The van der Waals surface area contributed by atoms with Crippen LogP contribution in [-0.4, -0.2) is 90.8 Å². The smallest absolute Gasteiger partial charge is 0.311 e. The first kappa shape index (κ1) is 23.4. The molecule has 1 amide bonds. The molecule has 0 heterocycles. The molecule has 0 spiro atoms. The summed E-state index contributed by atoms with van der Waals surface area (Å²) in [5.74, 6) is -13.5. The number of carboxylic acids is 1. The maximum atomic E-state index is 13.3. The second kappa shape index (κ2) is 7.38. The molecule has 12 nitrogen and oxygen atoms in total. The number of benzene rings is 1. The quantitative estimate of drug-likeness (QED) is 0.256. The van der Waals surface area contributed by atoms with Gasteiger partial charge < -0.3 is 36.4 Å². The summed E-state index contributed by atoms with van der Waals surface area (Å²) in [6.45, 7) is 0. The highest BCUT2D eigenvalue weighted by atomic mass is 16.4. The number of ketones is 2. The van der Waals surface area contributed by atoms with E-state index in [0.29, 0.717) is 0 Å². The Hall–Kier alpha value is -3.74. The minimum Gasteiger partial charge on any atom is -0.510 e. The Morgan fingerprint density at radius 3 is 2.26 bits per heavy atom. The Morgan fingerprint density at radius 1 is 1.12 bits per heavy atom. The molecule has 0 aromatic heterocycles. The normalized spacial score (nSPS) is 32.9. The van der Waals surface area contributed by atoms with Crippen LogP contribution in [0.2, 0.25) is 0 Å². The molecular formula is C22H22N2O10. The lowest BCUT2D eigenvalue weighted by Crippen LogP contribution is -2.68. The number of rotatable bonds is 3. The number of nitrogens with two attached hydrogens (primary N) is 1. The maximum Gasteiger partial charge on any atom is 0.311 e. The van der Waals surface area contributed by atoms with Crippen LogP contribution in [0.5, 0.6) is 5.75 Å². The van der Waals surface area contributed by atoms with Gasteiger partial charge in [0.05, 0.1) is 29.5 Å². The highest BCUT2D eigenvalue weighted by Crippen LogP contribution is 2.55. The van der Waals surface area contributed by atoms with Crippen molar-refractivity contribution in [3.63, 3.8) is 0 Å². The zero-order valence-corrected chi connectivity index (χ0v) is 18.0. The summed E-state index contributed by atoms with van der Waals surface area (Å²) >= 11 is 0. The number of phenolic OH excluding ortho intramolecular Hbond substituents is 1. The molecule has 1 aromatic carbocycles. The molecular weight excluding hydrogens is 452 g/mol. The van der Waals surface area contributed by atoms with Gasteiger partial charge in [-0.2, -0.15) is 0 Å². The van der Waals surface area contributed by atoms with Crippen molar-refractivity contribution in [1.29, 1.82) is 0 Å². The second-order valence-corrected chi connectivity index (χ2v) is 8.82.